The predicted octanol–water partition coefficient (Wildman–Crippen LogP) is 1.57. The smallest absolute Gasteiger partial charge is 0.209 e. The first-order chi connectivity index (χ1) is 10.2. The van der Waals surface area contributed by atoms with E-state index in [1.165, 1.54) is 12.1 Å². The zero-order chi connectivity index (χ0) is 14.7. The van der Waals surface area contributed by atoms with Gasteiger partial charge in [-0.1, -0.05) is 11.8 Å². The third-order valence-electron chi connectivity index (χ3n) is 3.62. The number of aromatic nitrogens is 2. The van der Waals surface area contributed by atoms with E-state index in [2.05, 4.69) is 14.9 Å². The van der Waals surface area contributed by atoms with Crippen LogP contribution in [0.1, 0.15) is 0 Å². The zero-order valence-electron chi connectivity index (χ0n) is 11.6. The number of rotatable bonds is 5. The molecule has 1 aromatic heterocycles. The van der Waals surface area contributed by atoms with Crippen molar-refractivity contribution in [2.24, 2.45) is 0 Å². The van der Waals surface area contributed by atoms with Crippen LogP contribution in [0, 0.1) is 5.82 Å². The Hall–Kier alpha value is -1.60. The number of piperazine rings is 1. The highest BCUT2D eigenvalue weighted by Gasteiger charge is 2.15. The van der Waals surface area contributed by atoms with Crippen molar-refractivity contribution in [1.29, 1.82) is 0 Å². The topological polar surface area (TPSA) is 52.2 Å². The Bertz CT molecular complexity index is 624. The minimum Gasteiger partial charge on any atom is -0.343 e. The third-order valence-corrected chi connectivity index (χ3v) is 4.48. The molecule has 2 aromatic rings. The molecule has 1 N–H and O–H groups in total. The number of hydrogen-bond donors (Lipinski definition) is 1. The Labute approximate surface area is 126 Å². The standard InChI is InChI=1S/C14H17FN4OS/c15-11-1-2-12-13(9-11)17-14(16-12)21-8-7-18-3-5-19(10-20)6-4-18/h1-2,9-10H,3-8H2,(H,16,17). The fourth-order valence-corrected chi connectivity index (χ4v) is 3.28. The van der Waals surface area contributed by atoms with Gasteiger partial charge in [-0.3, -0.25) is 9.69 Å². The summed E-state index contributed by atoms with van der Waals surface area (Å²) in [7, 11) is 0. The maximum absolute atomic E-state index is 13.1. The predicted molar refractivity (Wildman–Crippen MR) is 80.9 cm³/mol. The average Bonchev–Trinajstić information content (AvgIpc) is 2.89. The maximum Gasteiger partial charge on any atom is 0.209 e. The fraction of sp³-hybridized carbons (Fsp3) is 0.429. The van der Waals surface area contributed by atoms with Gasteiger partial charge in [0.15, 0.2) is 5.16 Å². The molecule has 5 nitrogen and oxygen atoms in total. The van der Waals surface area contributed by atoms with Crippen LogP contribution in [0.2, 0.25) is 0 Å². The zero-order valence-corrected chi connectivity index (χ0v) is 12.4. The Morgan fingerprint density at radius 3 is 2.90 bits per heavy atom. The number of nitrogens with zero attached hydrogens (tertiary/aromatic N) is 3. The number of imidazole rings is 1. The van der Waals surface area contributed by atoms with E-state index in [9.17, 15) is 9.18 Å². The average molecular weight is 308 g/mol. The van der Waals surface area contributed by atoms with Crippen LogP contribution in [-0.2, 0) is 4.79 Å². The van der Waals surface area contributed by atoms with Gasteiger partial charge >= 0.3 is 0 Å². The molecule has 0 unspecified atom stereocenters. The molecular formula is C14H17FN4OS. The van der Waals surface area contributed by atoms with Gasteiger partial charge in [0, 0.05) is 38.5 Å². The molecule has 0 spiro atoms. The van der Waals surface area contributed by atoms with Crippen molar-refractivity contribution in [3.05, 3.63) is 24.0 Å². The molecule has 3 rings (SSSR count). The Morgan fingerprint density at radius 1 is 1.33 bits per heavy atom. The number of halogens is 1. The summed E-state index contributed by atoms with van der Waals surface area (Å²) < 4.78 is 13.1. The van der Waals surface area contributed by atoms with Crippen molar-refractivity contribution in [1.82, 2.24) is 19.8 Å². The summed E-state index contributed by atoms with van der Waals surface area (Å²) in [6.07, 6.45) is 0.916. The lowest BCUT2D eigenvalue weighted by atomic mass is 10.3. The molecule has 2 heterocycles. The van der Waals surface area contributed by atoms with Crippen LogP contribution in [0.25, 0.3) is 11.0 Å². The van der Waals surface area contributed by atoms with Gasteiger partial charge in [0.1, 0.15) is 5.82 Å². The summed E-state index contributed by atoms with van der Waals surface area (Å²) in [6.45, 7) is 4.41. The number of amides is 1. The molecule has 0 aliphatic carbocycles. The first-order valence-electron chi connectivity index (χ1n) is 6.94. The van der Waals surface area contributed by atoms with E-state index in [-0.39, 0.29) is 5.82 Å². The van der Waals surface area contributed by atoms with Crippen LogP contribution in [0.3, 0.4) is 0 Å². The first-order valence-corrected chi connectivity index (χ1v) is 7.93. The number of carbonyl (C=O) groups is 1. The fourth-order valence-electron chi connectivity index (χ4n) is 2.39. The van der Waals surface area contributed by atoms with Gasteiger partial charge < -0.3 is 9.88 Å². The summed E-state index contributed by atoms with van der Waals surface area (Å²) >= 11 is 1.64. The number of benzene rings is 1. The molecular weight excluding hydrogens is 291 g/mol. The quantitative estimate of drug-likeness (QED) is 0.673. The van der Waals surface area contributed by atoms with Gasteiger partial charge in [0.05, 0.1) is 11.0 Å². The van der Waals surface area contributed by atoms with E-state index in [0.717, 1.165) is 61.1 Å². The maximum atomic E-state index is 13.1. The van der Waals surface area contributed by atoms with E-state index in [1.807, 2.05) is 0 Å². The molecule has 112 valence electrons. The summed E-state index contributed by atoms with van der Waals surface area (Å²) in [5, 5.41) is 0.821. The second-order valence-corrected chi connectivity index (χ2v) is 6.12. The number of carbonyl (C=O) groups excluding carboxylic acids is 1. The second kappa shape index (κ2) is 6.44. The molecule has 1 amide bonds. The van der Waals surface area contributed by atoms with Crippen LogP contribution in [0.15, 0.2) is 23.4 Å². The lowest BCUT2D eigenvalue weighted by molar-refractivity contribution is -0.119. The molecule has 1 aliphatic heterocycles. The summed E-state index contributed by atoms with van der Waals surface area (Å²) in [5.41, 5.74) is 1.52. The molecule has 0 radical (unpaired) electrons. The van der Waals surface area contributed by atoms with Gasteiger partial charge in [-0.2, -0.15) is 0 Å². The highest BCUT2D eigenvalue weighted by Crippen LogP contribution is 2.20. The largest absolute Gasteiger partial charge is 0.343 e. The molecule has 0 atom stereocenters. The Morgan fingerprint density at radius 2 is 2.14 bits per heavy atom. The lowest BCUT2D eigenvalue weighted by Crippen LogP contribution is -2.46. The van der Waals surface area contributed by atoms with Crippen LogP contribution >= 0.6 is 11.8 Å². The second-order valence-electron chi connectivity index (χ2n) is 5.03. The van der Waals surface area contributed by atoms with E-state index >= 15 is 0 Å². The van der Waals surface area contributed by atoms with Crippen LogP contribution in [0.4, 0.5) is 4.39 Å². The normalized spacial score (nSPS) is 16.5. The highest BCUT2D eigenvalue weighted by atomic mass is 32.2. The number of nitrogens with one attached hydrogen (secondary N) is 1. The van der Waals surface area contributed by atoms with Crippen LogP contribution < -0.4 is 0 Å². The highest BCUT2D eigenvalue weighted by molar-refractivity contribution is 7.99. The number of fused-ring (bicyclic) bond motifs is 1. The SMILES string of the molecule is O=CN1CCN(CCSc2nc3ccc(F)cc3[nH]2)CC1. The Kier molecular flexibility index (Phi) is 4.40. The van der Waals surface area contributed by atoms with Crippen molar-refractivity contribution in [2.45, 2.75) is 5.16 Å². The van der Waals surface area contributed by atoms with Gasteiger partial charge in [-0.25, -0.2) is 9.37 Å². The first kappa shape index (κ1) is 14.3. The number of H-pyrrole nitrogens is 1. The van der Waals surface area contributed by atoms with Gasteiger partial charge in [-0.15, -0.1) is 0 Å². The molecule has 7 heteroatoms. The summed E-state index contributed by atoms with van der Waals surface area (Å²) in [6, 6.07) is 4.57. The molecule has 1 fully saturated rings. The van der Waals surface area contributed by atoms with Gasteiger partial charge in [0.25, 0.3) is 0 Å². The Balaban J connectivity index is 1.49. The van der Waals surface area contributed by atoms with Crippen molar-refractivity contribution < 1.29 is 9.18 Å². The van der Waals surface area contributed by atoms with E-state index in [1.54, 1.807) is 22.7 Å². The van der Waals surface area contributed by atoms with Crippen molar-refractivity contribution in [3.8, 4) is 0 Å². The van der Waals surface area contributed by atoms with Crippen LogP contribution in [0.5, 0.6) is 0 Å². The van der Waals surface area contributed by atoms with E-state index in [0.29, 0.717) is 0 Å². The lowest BCUT2D eigenvalue weighted by Gasteiger charge is -2.32. The van der Waals surface area contributed by atoms with E-state index in [4.69, 9.17) is 0 Å². The number of hydrogen-bond acceptors (Lipinski definition) is 4. The van der Waals surface area contributed by atoms with Gasteiger partial charge in [-0.05, 0) is 18.2 Å². The molecule has 0 bridgehead atoms. The van der Waals surface area contributed by atoms with Crippen molar-refractivity contribution in [2.75, 3.05) is 38.5 Å². The van der Waals surface area contributed by atoms with Crippen molar-refractivity contribution in [3.63, 3.8) is 0 Å². The molecule has 21 heavy (non-hydrogen) atoms. The molecule has 1 saturated heterocycles. The summed E-state index contributed by atoms with van der Waals surface area (Å²) in [5.74, 6) is 0.666. The molecule has 1 aromatic carbocycles. The van der Waals surface area contributed by atoms with Crippen molar-refractivity contribution >= 4 is 29.2 Å². The van der Waals surface area contributed by atoms with Crippen LogP contribution in [-0.4, -0.2) is 64.7 Å². The molecule has 0 saturated carbocycles. The van der Waals surface area contributed by atoms with Gasteiger partial charge in [0.2, 0.25) is 6.41 Å². The monoisotopic (exact) mass is 308 g/mol. The summed E-state index contributed by atoms with van der Waals surface area (Å²) in [4.78, 5) is 22.3. The number of thioether (sulfide) groups is 1. The third kappa shape index (κ3) is 3.54. The minimum absolute atomic E-state index is 0.254. The number of aromatic amines is 1. The van der Waals surface area contributed by atoms with E-state index < -0.39 is 0 Å². The molecule has 1 aliphatic rings. The minimum atomic E-state index is -0.254.